The van der Waals surface area contributed by atoms with Gasteiger partial charge in [0.15, 0.2) is 0 Å². The van der Waals surface area contributed by atoms with Crippen LogP contribution in [0.5, 0.6) is 5.75 Å². The Balaban J connectivity index is 2.46. The minimum Gasteiger partial charge on any atom is -0.507 e. The first-order valence-electron chi connectivity index (χ1n) is 5.16. The summed E-state index contributed by atoms with van der Waals surface area (Å²) >= 11 is 5.73. The number of benzene rings is 2. The van der Waals surface area contributed by atoms with Crippen molar-refractivity contribution in [1.82, 2.24) is 0 Å². The Morgan fingerprint density at radius 1 is 1.11 bits per heavy atom. The summed E-state index contributed by atoms with van der Waals surface area (Å²) in [6, 6.07) is 9.13. The fourth-order valence-electron chi connectivity index (χ4n) is 1.47. The highest BCUT2D eigenvalue weighted by molar-refractivity contribution is 7.92. The standard InChI is InChI=1S/C12H9ClFNO3S/c13-8-4-3-5-9(14)12(8)15-19(17,18)11-7-2-1-6-10(11)16/h1-7,15-16H. The second kappa shape index (κ2) is 5.07. The Kier molecular flexibility index (Phi) is 3.64. The summed E-state index contributed by atoms with van der Waals surface area (Å²) in [4.78, 5) is -0.352. The quantitative estimate of drug-likeness (QED) is 0.916. The predicted molar refractivity (Wildman–Crippen MR) is 70.3 cm³/mol. The second-order valence-electron chi connectivity index (χ2n) is 3.67. The van der Waals surface area contributed by atoms with Crippen molar-refractivity contribution < 1.29 is 17.9 Å². The molecule has 2 rings (SSSR count). The molecular weight excluding hydrogens is 293 g/mol. The molecule has 0 radical (unpaired) electrons. The van der Waals surface area contributed by atoms with E-state index in [4.69, 9.17) is 11.6 Å². The van der Waals surface area contributed by atoms with Gasteiger partial charge in [0.25, 0.3) is 10.0 Å². The molecular formula is C12H9ClFNO3S. The number of rotatable bonds is 3. The molecule has 2 aromatic carbocycles. The van der Waals surface area contributed by atoms with E-state index in [9.17, 15) is 17.9 Å². The number of phenols is 1. The van der Waals surface area contributed by atoms with Crippen molar-refractivity contribution in [2.24, 2.45) is 0 Å². The lowest BCUT2D eigenvalue weighted by molar-refractivity contribution is 0.459. The summed E-state index contributed by atoms with van der Waals surface area (Å²) in [7, 11) is -4.11. The monoisotopic (exact) mass is 301 g/mol. The number of sulfonamides is 1. The van der Waals surface area contributed by atoms with Crippen LogP contribution < -0.4 is 4.72 Å². The second-order valence-corrected chi connectivity index (χ2v) is 5.73. The van der Waals surface area contributed by atoms with Crippen LogP contribution in [0.15, 0.2) is 47.4 Å². The molecule has 0 aliphatic rings. The maximum atomic E-state index is 13.5. The van der Waals surface area contributed by atoms with Crippen molar-refractivity contribution in [2.75, 3.05) is 4.72 Å². The molecule has 0 aromatic heterocycles. The minimum absolute atomic E-state index is 0.0704. The van der Waals surface area contributed by atoms with Gasteiger partial charge in [0, 0.05) is 0 Å². The van der Waals surface area contributed by atoms with Gasteiger partial charge in [-0.25, -0.2) is 12.8 Å². The summed E-state index contributed by atoms with van der Waals surface area (Å²) in [5, 5.41) is 9.45. The summed E-state index contributed by atoms with van der Waals surface area (Å²) < 4.78 is 39.6. The highest BCUT2D eigenvalue weighted by Crippen LogP contribution is 2.29. The average molecular weight is 302 g/mol. The first-order chi connectivity index (χ1) is 8.92. The van der Waals surface area contributed by atoms with E-state index in [0.29, 0.717) is 0 Å². The zero-order chi connectivity index (χ0) is 14.0. The Morgan fingerprint density at radius 3 is 2.42 bits per heavy atom. The molecule has 4 nitrogen and oxygen atoms in total. The van der Waals surface area contributed by atoms with Crippen molar-refractivity contribution in [3.8, 4) is 5.75 Å². The summed E-state index contributed by atoms with van der Waals surface area (Å²) in [5.41, 5.74) is -0.354. The van der Waals surface area contributed by atoms with E-state index in [1.807, 2.05) is 4.72 Å². The number of anilines is 1. The third-order valence-electron chi connectivity index (χ3n) is 2.35. The third-order valence-corrected chi connectivity index (χ3v) is 4.07. The largest absolute Gasteiger partial charge is 0.507 e. The van der Waals surface area contributed by atoms with Gasteiger partial charge >= 0.3 is 0 Å². The molecule has 0 saturated carbocycles. The molecule has 0 bridgehead atoms. The molecule has 0 amide bonds. The van der Waals surface area contributed by atoms with E-state index in [1.165, 1.54) is 36.4 Å². The zero-order valence-corrected chi connectivity index (χ0v) is 11.0. The van der Waals surface area contributed by atoms with Crippen LogP contribution in [0.4, 0.5) is 10.1 Å². The lowest BCUT2D eigenvalue weighted by atomic mass is 10.3. The van der Waals surface area contributed by atoms with Gasteiger partial charge in [-0.3, -0.25) is 4.72 Å². The fraction of sp³-hybridized carbons (Fsp3) is 0. The van der Waals surface area contributed by atoms with Gasteiger partial charge in [-0.05, 0) is 24.3 Å². The summed E-state index contributed by atoms with van der Waals surface area (Å²) in [5.74, 6) is -1.23. The lowest BCUT2D eigenvalue weighted by Crippen LogP contribution is -2.14. The molecule has 0 heterocycles. The minimum atomic E-state index is -4.11. The van der Waals surface area contributed by atoms with Crippen LogP contribution in [0.2, 0.25) is 5.02 Å². The highest BCUT2D eigenvalue weighted by atomic mass is 35.5. The smallest absolute Gasteiger partial charge is 0.265 e. The number of halogens is 2. The Hall–Kier alpha value is -1.79. The molecule has 7 heteroatoms. The van der Waals surface area contributed by atoms with Crippen molar-refractivity contribution in [3.05, 3.63) is 53.3 Å². The Labute approximate surface area is 114 Å². The van der Waals surface area contributed by atoms with Gasteiger partial charge in [0.05, 0.1) is 5.02 Å². The van der Waals surface area contributed by atoms with Gasteiger partial charge in [-0.1, -0.05) is 29.8 Å². The maximum Gasteiger partial charge on any atom is 0.265 e. The fourth-order valence-corrected chi connectivity index (χ4v) is 2.92. The summed E-state index contributed by atoms with van der Waals surface area (Å²) in [6.07, 6.45) is 0. The molecule has 0 unspecified atom stereocenters. The molecule has 19 heavy (non-hydrogen) atoms. The van der Waals surface area contributed by atoms with Gasteiger partial charge in [-0.2, -0.15) is 0 Å². The van der Waals surface area contributed by atoms with Gasteiger partial charge in [-0.15, -0.1) is 0 Å². The van der Waals surface area contributed by atoms with Crippen molar-refractivity contribution in [2.45, 2.75) is 4.90 Å². The van der Waals surface area contributed by atoms with Crippen LogP contribution in [0.1, 0.15) is 0 Å². The number of nitrogens with one attached hydrogen (secondary N) is 1. The zero-order valence-electron chi connectivity index (χ0n) is 9.47. The molecule has 0 saturated heterocycles. The SMILES string of the molecule is O=S(=O)(Nc1c(F)cccc1Cl)c1ccccc1O. The molecule has 100 valence electrons. The highest BCUT2D eigenvalue weighted by Gasteiger charge is 2.21. The lowest BCUT2D eigenvalue weighted by Gasteiger charge is -2.11. The van der Waals surface area contributed by atoms with E-state index < -0.39 is 21.6 Å². The van der Waals surface area contributed by atoms with Crippen LogP contribution in [-0.2, 0) is 10.0 Å². The van der Waals surface area contributed by atoms with E-state index in [1.54, 1.807) is 0 Å². The topological polar surface area (TPSA) is 66.4 Å². The molecule has 0 spiro atoms. The van der Waals surface area contributed by atoms with Crippen LogP contribution in [0, 0.1) is 5.82 Å². The first kappa shape index (κ1) is 13.6. The summed E-state index contributed by atoms with van der Waals surface area (Å²) in [6.45, 7) is 0. The van der Waals surface area contributed by atoms with Crippen molar-refractivity contribution in [3.63, 3.8) is 0 Å². The maximum absolute atomic E-state index is 13.5. The molecule has 0 aliphatic carbocycles. The van der Waals surface area contributed by atoms with Crippen LogP contribution in [0.25, 0.3) is 0 Å². The van der Waals surface area contributed by atoms with Gasteiger partial charge < -0.3 is 5.11 Å². The Bertz CT molecular complexity index is 698. The molecule has 0 fully saturated rings. The number of phenolic OH excluding ortho intramolecular Hbond substituents is 1. The van der Waals surface area contributed by atoms with E-state index in [2.05, 4.69) is 0 Å². The van der Waals surface area contributed by atoms with E-state index >= 15 is 0 Å². The van der Waals surface area contributed by atoms with Gasteiger partial charge in [0.2, 0.25) is 0 Å². The molecule has 0 atom stereocenters. The normalized spacial score (nSPS) is 11.3. The number of hydrogen-bond donors (Lipinski definition) is 2. The molecule has 2 N–H and O–H groups in total. The van der Waals surface area contributed by atoms with Crippen LogP contribution >= 0.6 is 11.6 Å². The number of para-hydroxylation sites is 2. The third kappa shape index (κ3) is 2.80. The van der Waals surface area contributed by atoms with E-state index in [-0.39, 0.29) is 15.6 Å². The van der Waals surface area contributed by atoms with Gasteiger partial charge in [0.1, 0.15) is 22.1 Å². The number of aromatic hydroxyl groups is 1. The van der Waals surface area contributed by atoms with Crippen LogP contribution in [0.3, 0.4) is 0 Å². The molecule has 2 aromatic rings. The molecule has 0 aliphatic heterocycles. The first-order valence-corrected chi connectivity index (χ1v) is 7.03. The van der Waals surface area contributed by atoms with Crippen molar-refractivity contribution >= 4 is 27.3 Å². The number of hydrogen-bond acceptors (Lipinski definition) is 3. The average Bonchev–Trinajstić information content (AvgIpc) is 2.34. The van der Waals surface area contributed by atoms with Crippen LogP contribution in [-0.4, -0.2) is 13.5 Å². The van der Waals surface area contributed by atoms with Crippen molar-refractivity contribution in [1.29, 1.82) is 0 Å². The van der Waals surface area contributed by atoms with E-state index in [0.717, 1.165) is 6.07 Å². The predicted octanol–water partition coefficient (Wildman–Crippen LogP) is 2.99. The Morgan fingerprint density at radius 2 is 1.79 bits per heavy atom.